The highest BCUT2D eigenvalue weighted by Crippen LogP contribution is 2.18. The molecule has 6 heteroatoms. The minimum Gasteiger partial charge on any atom is -0.462 e. The molecule has 56 heavy (non-hydrogen) atoms. The van der Waals surface area contributed by atoms with Crippen LogP contribution in [0.4, 0.5) is 0 Å². The van der Waals surface area contributed by atoms with Gasteiger partial charge in [-0.15, -0.1) is 0 Å². The normalized spacial score (nSPS) is 13.7. The first-order chi connectivity index (χ1) is 27.5. The number of allylic oxidation sites excluding steroid dienone is 8. The molecule has 3 atom stereocenters. The second kappa shape index (κ2) is 43.9. The van der Waals surface area contributed by atoms with E-state index in [-0.39, 0.29) is 24.9 Å². The quantitative estimate of drug-likeness (QED) is 0.0325. The summed E-state index contributed by atoms with van der Waals surface area (Å²) in [5.41, 5.74) is 0. The maximum Gasteiger partial charge on any atom is 0.306 e. The van der Waals surface area contributed by atoms with Crippen LogP contribution < -0.4 is 5.32 Å². The molecule has 0 heterocycles. The smallest absolute Gasteiger partial charge is 0.306 e. The van der Waals surface area contributed by atoms with Gasteiger partial charge in [0.1, 0.15) is 6.10 Å². The molecule has 0 saturated heterocycles. The maximum absolute atomic E-state index is 13.1. The van der Waals surface area contributed by atoms with Crippen LogP contribution in [0.2, 0.25) is 0 Å². The van der Waals surface area contributed by atoms with E-state index < -0.39 is 18.2 Å². The lowest BCUT2D eigenvalue weighted by atomic mass is 10.0. The van der Waals surface area contributed by atoms with Gasteiger partial charge in [-0.3, -0.25) is 9.59 Å². The van der Waals surface area contributed by atoms with E-state index in [1.54, 1.807) is 0 Å². The van der Waals surface area contributed by atoms with Crippen molar-refractivity contribution < 1.29 is 24.5 Å². The topological polar surface area (TPSA) is 95.9 Å². The number of aliphatic hydroxyl groups excluding tert-OH is 2. The summed E-state index contributed by atoms with van der Waals surface area (Å²) in [6.07, 6.45) is 51.6. The largest absolute Gasteiger partial charge is 0.462 e. The van der Waals surface area contributed by atoms with Crippen molar-refractivity contribution in [2.75, 3.05) is 6.61 Å². The van der Waals surface area contributed by atoms with Gasteiger partial charge in [-0.25, -0.2) is 0 Å². The van der Waals surface area contributed by atoms with E-state index in [1.165, 1.54) is 109 Å². The van der Waals surface area contributed by atoms with Gasteiger partial charge in [0.25, 0.3) is 0 Å². The van der Waals surface area contributed by atoms with Crippen molar-refractivity contribution in [1.82, 2.24) is 5.32 Å². The fraction of sp³-hybridized carbons (Fsp3) is 0.800. The molecule has 0 aliphatic rings. The van der Waals surface area contributed by atoms with E-state index >= 15 is 0 Å². The summed E-state index contributed by atoms with van der Waals surface area (Å²) in [7, 11) is 0. The van der Waals surface area contributed by atoms with Crippen LogP contribution in [-0.4, -0.2) is 46.9 Å². The number of unbranched alkanes of at least 4 members (excludes halogenated alkanes) is 25. The van der Waals surface area contributed by atoms with Gasteiger partial charge in [0.05, 0.1) is 25.2 Å². The summed E-state index contributed by atoms with van der Waals surface area (Å²) in [4.78, 5) is 26.0. The first-order valence-corrected chi connectivity index (χ1v) is 23.9. The van der Waals surface area contributed by atoms with E-state index in [1.807, 2.05) is 18.2 Å². The van der Waals surface area contributed by atoms with Crippen molar-refractivity contribution in [3.8, 4) is 0 Å². The molecule has 0 aliphatic heterocycles. The van der Waals surface area contributed by atoms with Crippen LogP contribution in [0, 0.1) is 0 Å². The zero-order valence-electron chi connectivity index (χ0n) is 37.0. The number of esters is 1. The summed E-state index contributed by atoms with van der Waals surface area (Å²) in [6, 6.07) is -0.703. The van der Waals surface area contributed by atoms with Gasteiger partial charge in [0, 0.05) is 6.42 Å². The van der Waals surface area contributed by atoms with Crippen molar-refractivity contribution >= 4 is 11.9 Å². The number of hydrogen-bond donors (Lipinski definition) is 3. The van der Waals surface area contributed by atoms with Crippen molar-refractivity contribution in [2.24, 2.45) is 0 Å². The Morgan fingerprint density at radius 2 is 0.964 bits per heavy atom. The van der Waals surface area contributed by atoms with Crippen LogP contribution in [0.5, 0.6) is 0 Å². The molecule has 0 saturated carbocycles. The first-order valence-electron chi connectivity index (χ1n) is 23.9. The lowest BCUT2D eigenvalue weighted by molar-refractivity contribution is -0.151. The van der Waals surface area contributed by atoms with Crippen LogP contribution in [0.25, 0.3) is 0 Å². The number of hydrogen-bond acceptors (Lipinski definition) is 5. The second-order valence-electron chi connectivity index (χ2n) is 16.2. The third kappa shape index (κ3) is 38.7. The highest BCUT2D eigenvalue weighted by atomic mass is 16.5. The molecule has 3 unspecified atom stereocenters. The highest BCUT2D eigenvalue weighted by molar-refractivity contribution is 5.77. The lowest BCUT2D eigenvalue weighted by Gasteiger charge is -2.24. The Balaban J connectivity index is 4.60. The van der Waals surface area contributed by atoms with Gasteiger partial charge in [0.15, 0.2) is 0 Å². The molecule has 0 bridgehead atoms. The predicted octanol–water partition coefficient (Wildman–Crippen LogP) is 13.9. The maximum atomic E-state index is 13.1. The Hall–Kier alpha value is -2.18. The van der Waals surface area contributed by atoms with Crippen molar-refractivity contribution in [2.45, 2.75) is 251 Å². The molecule has 0 fully saturated rings. The van der Waals surface area contributed by atoms with Gasteiger partial charge >= 0.3 is 5.97 Å². The number of ether oxygens (including phenoxy) is 1. The zero-order chi connectivity index (χ0) is 41.0. The monoisotopic (exact) mass is 786 g/mol. The van der Waals surface area contributed by atoms with E-state index in [2.05, 4.69) is 56.5 Å². The van der Waals surface area contributed by atoms with Crippen LogP contribution in [0.1, 0.15) is 233 Å². The molecule has 326 valence electrons. The number of carbonyl (C=O) groups excluding carboxylic acids is 2. The van der Waals surface area contributed by atoms with Crippen LogP contribution >= 0.6 is 0 Å². The Morgan fingerprint density at radius 1 is 0.536 bits per heavy atom. The molecule has 3 N–H and O–H groups in total. The molecule has 1 amide bonds. The summed E-state index contributed by atoms with van der Waals surface area (Å²) in [5.74, 6) is -0.497. The fourth-order valence-corrected chi connectivity index (χ4v) is 7.15. The molecular weight excluding hydrogens is 695 g/mol. The second-order valence-corrected chi connectivity index (χ2v) is 16.2. The van der Waals surface area contributed by atoms with Gasteiger partial charge in [-0.1, -0.05) is 223 Å². The summed E-state index contributed by atoms with van der Waals surface area (Å²) in [5, 5.41) is 23.7. The summed E-state index contributed by atoms with van der Waals surface area (Å²) >= 11 is 0. The minimum atomic E-state index is -0.789. The van der Waals surface area contributed by atoms with Crippen molar-refractivity contribution in [3.05, 3.63) is 48.6 Å². The molecule has 0 spiro atoms. The van der Waals surface area contributed by atoms with E-state index in [0.29, 0.717) is 19.3 Å². The van der Waals surface area contributed by atoms with Crippen LogP contribution in [0.3, 0.4) is 0 Å². The van der Waals surface area contributed by atoms with Crippen molar-refractivity contribution in [1.29, 1.82) is 0 Å². The Labute approximate surface area is 346 Å². The Bertz CT molecular complexity index is 972. The molecule has 0 radical (unpaired) electrons. The van der Waals surface area contributed by atoms with Crippen LogP contribution in [-0.2, 0) is 14.3 Å². The van der Waals surface area contributed by atoms with E-state index in [9.17, 15) is 19.8 Å². The average molecular weight is 786 g/mol. The Kier molecular flexibility index (Phi) is 42.2. The third-order valence-corrected chi connectivity index (χ3v) is 10.8. The predicted molar refractivity (Wildman–Crippen MR) is 241 cm³/mol. The standard InChI is InChI=1S/C50H91NO5/c1-4-7-10-13-16-19-22-23-24-25-28-31-34-37-40-43-50(55)56-46(41-38-35-32-29-26-20-17-14-11-8-5-2)44-49(54)51-47(45-52)48(53)42-39-36-33-30-27-21-18-15-12-9-6-3/h7,10,13,16,19,22-24,46-48,52-53H,4-6,8-9,11-12,14-15,17-18,20-21,25-45H2,1-3H3,(H,51,54)/b10-7+,16-13+,22-19+,24-23-. The summed E-state index contributed by atoms with van der Waals surface area (Å²) in [6.45, 7) is 6.32. The van der Waals surface area contributed by atoms with Gasteiger partial charge in [-0.05, 0) is 44.9 Å². The molecule has 6 nitrogen and oxygen atoms in total. The van der Waals surface area contributed by atoms with Gasteiger partial charge in [-0.2, -0.15) is 0 Å². The highest BCUT2D eigenvalue weighted by Gasteiger charge is 2.24. The minimum absolute atomic E-state index is 0.0695. The summed E-state index contributed by atoms with van der Waals surface area (Å²) < 4.78 is 5.90. The lowest BCUT2D eigenvalue weighted by Crippen LogP contribution is -2.46. The number of aliphatic hydroxyl groups is 2. The van der Waals surface area contributed by atoms with Crippen molar-refractivity contribution in [3.63, 3.8) is 0 Å². The molecule has 0 rings (SSSR count). The van der Waals surface area contributed by atoms with Gasteiger partial charge < -0.3 is 20.3 Å². The molecule has 0 aromatic carbocycles. The van der Waals surface area contributed by atoms with E-state index in [4.69, 9.17) is 4.74 Å². The first kappa shape index (κ1) is 53.8. The zero-order valence-corrected chi connectivity index (χ0v) is 37.0. The SMILES string of the molecule is CC/C=C/C=C/C=C/C=C\CCCCCCCC(=O)OC(CCCCCCCCCCCCC)CC(=O)NC(CO)C(O)CCCCCCCCCCCCC. The molecule has 0 aliphatic carbocycles. The molecule has 0 aromatic rings. The van der Waals surface area contributed by atoms with E-state index in [0.717, 1.165) is 77.0 Å². The van der Waals surface area contributed by atoms with Gasteiger partial charge in [0.2, 0.25) is 5.91 Å². The Morgan fingerprint density at radius 3 is 1.46 bits per heavy atom. The molecule has 0 aromatic heterocycles. The number of nitrogens with one attached hydrogen (secondary N) is 1. The van der Waals surface area contributed by atoms with Crippen LogP contribution in [0.15, 0.2) is 48.6 Å². The average Bonchev–Trinajstić information content (AvgIpc) is 3.19. The number of amides is 1. The molecular formula is C50H91NO5. The third-order valence-electron chi connectivity index (χ3n) is 10.8. The fourth-order valence-electron chi connectivity index (χ4n) is 7.15. The number of carbonyl (C=O) groups is 2. The number of rotatable bonds is 42.